The first-order valence-electron chi connectivity index (χ1n) is 6.72. The minimum atomic E-state index is 0.0697. The SMILES string of the molecule is C[C@H]([c-]1cccc1P1[C@H](C)CC[C@H]1C)N(C)C. The molecule has 0 radical (unpaired) electrons. The van der Waals surface area contributed by atoms with E-state index in [-0.39, 0.29) is 7.92 Å². The number of nitrogens with zero attached hydrogens (tertiary/aromatic N) is 1. The molecule has 1 fully saturated rings. The fraction of sp³-hybridized carbons (Fsp3) is 0.667. The summed E-state index contributed by atoms with van der Waals surface area (Å²) < 4.78 is 0. The van der Waals surface area contributed by atoms with Crippen LogP contribution in [0.2, 0.25) is 0 Å². The van der Waals surface area contributed by atoms with Crippen LogP contribution >= 0.6 is 7.92 Å². The summed E-state index contributed by atoms with van der Waals surface area (Å²) in [5, 5.41) is 1.68. The van der Waals surface area contributed by atoms with Gasteiger partial charge in [0.1, 0.15) is 0 Å². The molecule has 17 heavy (non-hydrogen) atoms. The molecule has 1 heterocycles. The van der Waals surface area contributed by atoms with Gasteiger partial charge in [-0.3, -0.25) is 0 Å². The molecule has 1 nitrogen and oxygen atoms in total. The van der Waals surface area contributed by atoms with E-state index in [0.29, 0.717) is 6.04 Å². The van der Waals surface area contributed by atoms with Crippen molar-refractivity contribution in [2.75, 3.05) is 14.1 Å². The Balaban J connectivity index is 2.30. The van der Waals surface area contributed by atoms with Crippen molar-refractivity contribution < 1.29 is 0 Å². The standard InChI is InChI=1S/C15H25NP/c1-11-9-10-12(2)17(11)15-8-6-7-14(15)13(3)16(4)5/h6-8,11-13H,9-10H2,1-5H3/q-1/t11-,12-,13-/m1/s1. The molecule has 1 aromatic rings. The summed E-state index contributed by atoms with van der Waals surface area (Å²) in [6.45, 7) is 7.22. The first kappa shape index (κ1) is 13.2. The summed E-state index contributed by atoms with van der Waals surface area (Å²) in [6, 6.07) is 7.52. The van der Waals surface area contributed by atoms with E-state index in [1.165, 1.54) is 12.8 Å². The lowest BCUT2D eigenvalue weighted by atomic mass is 10.1. The van der Waals surface area contributed by atoms with Crippen LogP contribution in [0.25, 0.3) is 0 Å². The van der Waals surface area contributed by atoms with Crippen LogP contribution in [-0.2, 0) is 0 Å². The van der Waals surface area contributed by atoms with Gasteiger partial charge in [-0.05, 0) is 44.3 Å². The quantitative estimate of drug-likeness (QED) is 0.584. The Bertz CT molecular complexity index is 359. The second kappa shape index (κ2) is 5.16. The van der Waals surface area contributed by atoms with Gasteiger partial charge in [0.2, 0.25) is 0 Å². The maximum Gasteiger partial charge on any atom is -0.0130 e. The highest BCUT2D eigenvalue weighted by molar-refractivity contribution is 7.67. The Morgan fingerprint density at radius 3 is 2.41 bits per heavy atom. The predicted octanol–water partition coefficient (Wildman–Crippen LogP) is 3.71. The molecule has 96 valence electrons. The Morgan fingerprint density at radius 1 is 1.29 bits per heavy atom. The molecule has 0 unspecified atom stereocenters. The number of hydrogen-bond acceptors (Lipinski definition) is 1. The summed E-state index contributed by atoms with van der Waals surface area (Å²) >= 11 is 0. The largest absolute Gasteiger partial charge is 0.314 e. The number of rotatable bonds is 3. The molecule has 1 saturated heterocycles. The highest BCUT2D eigenvalue weighted by Gasteiger charge is 2.30. The van der Waals surface area contributed by atoms with E-state index in [1.54, 1.807) is 10.9 Å². The van der Waals surface area contributed by atoms with Crippen LogP contribution in [-0.4, -0.2) is 30.3 Å². The molecule has 0 saturated carbocycles. The van der Waals surface area contributed by atoms with Gasteiger partial charge in [0.25, 0.3) is 0 Å². The van der Waals surface area contributed by atoms with E-state index in [0.717, 1.165) is 11.3 Å². The van der Waals surface area contributed by atoms with Crippen molar-refractivity contribution >= 4 is 13.2 Å². The van der Waals surface area contributed by atoms with E-state index >= 15 is 0 Å². The summed E-state index contributed by atoms with van der Waals surface area (Å²) in [4.78, 5) is 2.32. The van der Waals surface area contributed by atoms with E-state index in [4.69, 9.17) is 0 Å². The van der Waals surface area contributed by atoms with Gasteiger partial charge < -0.3 is 4.90 Å². The van der Waals surface area contributed by atoms with Crippen LogP contribution < -0.4 is 5.30 Å². The lowest BCUT2D eigenvalue weighted by Crippen LogP contribution is -2.22. The Morgan fingerprint density at radius 2 is 1.88 bits per heavy atom. The third-order valence-electron chi connectivity index (χ3n) is 4.28. The topological polar surface area (TPSA) is 3.24 Å². The van der Waals surface area contributed by atoms with Gasteiger partial charge in [-0.15, -0.1) is 10.9 Å². The number of hydrogen-bond donors (Lipinski definition) is 0. The van der Waals surface area contributed by atoms with Crippen molar-refractivity contribution in [3.8, 4) is 0 Å². The zero-order chi connectivity index (χ0) is 12.6. The maximum atomic E-state index is 2.45. The summed E-state index contributed by atoms with van der Waals surface area (Å²) in [6.07, 6.45) is 2.85. The molecule has 1 aliphatic heterocycles. The molecular weight excluding hydrogens is 225 g/mol. The zero-order valence-electron chi connectivity index (χ0n) is 11.8. The average molecular weight is 250 g/mol. The monoisotopic (exact) mass is 250 g/mol. The van der Waals surface area contributed by atoms with Crippen molar-refractivity contribution in [2.45, 2.75) is 51.0 Å². The van der Waals surface area contributed by atoms with Gasteiger partial charge in [-0.1, -0.05) is 28.7 Å². The first-order valence-corrected chi connectivity index (χ1v) is 8.20. The van der Waals surface area contributed by atoms with Crippen molar-refractivity contribution in [1.29, 1.82) is 0 Å². The first-order chi connectivity index (χ1) is 8.02. The van der Waals surface area contributed by atoms with Crippen molar-refractivity contribution in [3.63, 3.8) is 0 Å². The molecule has 0 N–H and O–H groups in total. The van der Waals surface area contributed by atoms with Gasteiger partial charge in [0.05, 0.1) is 0 Å². The fourth-order valence-electron chi connectivity index (χ4n) is 2.96. The summed E-state index contributed by atoms with van der Waals surface area (Å²) in [5.41, 5.74) is 3.40. The Hall–Kier alpha value is -0.260. The Labute approximate surface area is 107 Å². The summed E-state index contributed by atoms with van der Waals surface area (Å²) in [5.74, 6) is 0. The van der Waals surface area contributed by atoms with E-state index < -0.39 is 0 Å². The van der Waals surface area contributed by atoms with Crippen LogP contribution in [0.3, 0.4) is 0 Å². The van der Waals surface area contributed by atoms with Gasteiger partial charge in [-0.25, -0.2) is 12.1 Å². The second-order valence-electron chi connectivity index (χ2n) is 5.69. The molecule has 1 aromatic carbocycles. The summed E-state index contributed by atoms with van der Waals surface area (Å²) in [7, 11) is 4.42. The third kappa shape index (κ3) is 2.46. The van der Waals surface area contributed by atoms with Crippen LogP contribution in [0, 0.1) is 0 Å². The van der Waals surface area contributed by atoms with Crippen molar-refractivity contribution in [2.24, 2.45) is 0 Å². The van der Waals surface area contributed by atoms with Crippen LogP contribution in [0.4, 0.5) is 0 Å². The highest BCUT2D eigenvalue weighted by atomic mass is 31.1. The Kier molecular flexibility index (Phi) is 4.00. The second-order valence-corrected chi connectivity index (χ2v) is 8.75. The molecule has 1 aliphatic rings. The molecule has 0 aliphatic carbocycles. The van der Waals surface area contributed by atoms with E-state index in [9.17, 15) is 0 Å². The molecule has 0 amide bonds. The van der Waals surface area contributed by atoms with Crippen LogP contribution in [0.15, 0.2) is 18.2 Å². The minimum absolute atomic E-state index is 0.0697. The van der Waals surface area contributed by atoms with Gasteiger partial charge in [0, 0.05) is 0 Å². The average Bonchev–Trinajstić information content (AvgIpc) is 2.84. The minimum Gasteiger partial charge on any atom is -0.314 e. The lowest BCUT2D eigenvalue weighted by Gasteiger charge is -2.32. The molecule has 2 rings (SSSR count). The van der Waals surface area contributed by atoms with Crippen molar-refractivity contribution in [1.82, 2.24) is 4.90 Å². The van der Waals surface area contributed by atoms with Crippen molar-refractivity contribution in [3.05, 3.63) is 23.8 Å². The van der Waals surface area contributed by atoms with Gasteiger partial charge >= 0.3 is 0 Å². The molecule has 0 aromatic heterocycles. The molecule has 3 atom stereocenters. The normalized spacial score (nSPS) is 27.9. The van der Waals surface area contributed by atoms with Crippen LogP contribution in [0.1, 0.15) is 45.2 Å². The molecular formula is C15H25NP-. The van der Waals surface area contributed by atoms with E-state index in [1.807, 2.05) is 0 Å². The van der Waals surface area contributed by atoms with E-state index in [2.05, 4.69) is 58.0 Å². The van der Waals surface area contributed by atoms with Gasteiger partial charge in [0.15, 0.2) is 0 Å². The maximum absolute atomic E-state index is 2.45. The lowest BCUT2D eigenvalue weighted by molar-refractivity contribution is 0.323. The van der Waals surface area contributed by atoms with Gasteiger partial charge in [-0.2, -0.15) is 6.07 Å². The van der Waals surface area contributed by atoms with Crippen LogP contribution in [0.5, 0.6) is 0 Å². The third-order valence-corrected chi connectivity index (χ3v) is 7.66. The fourth-order valence-corrected chi connectivity index (χ4v) is 6.45. The molecule has 0 bridgehead atoms. The zero-order valence-corrected chi connectivity index (χ0v) is 12.7. The smallest absolute Gasteiger partial charge is 0.0130 e. The predicted molar refractivity (Wildman–Crippen MR) is 78.8 cm³/mol. The highest BCUT2D eigenvalue weighted by Crippen LogP contribution is 2.55. The molecule has 0 spiro atoms. The molecule has 2 heteroatoms.